The molecule has 0 saturated heterocycles. The monoisotopic (exact) mass is 223 g/mol. The summed E-state index contributed by atoms with van der Waals surface area (Å²) in [7, 11) is 1.87. The molecule has 0 aromatic carbocycles. The minimum atomic E-state index is 0.673. The van der Waals surface area contributed by atoms with Crippen LogP contribution in [0.1, 0.15) is 17.1 Å². The summed E-state index contributed by atoms with van der Waals surface area (Å²) >= 11 is 1.37. The maximum atomic E-state index is 4.39. The van der Waals surface area contributed by atoms with Crippen LogP contribution in [0, 0.1) is 13.8 Å². The average molecular weight is 223 g/mol. The molecule has 0 unspecified atom stereocenters. The van der Waals surface area contributed by atoms with Crippen molar-refractivity contribution in [2.75, 3.05) is 12.4 Å². The van der Waals surface area contributed by atoms with Crippen LogP contribution < -0.4 is 5.32 Å². The van der Waals surface area contributed by atoms with Gasteiger partial charge in [-0.2, -0.15) is 5.10 Å². The maximum absolute atomic E-state index is 4.39. The van der Waals surface area contributed by atoms with E-state index < -0.39 is 0 Å². The van der Waals surface area contributed by atoms with E-state index >= 15 is 0 Å². The molecule has 0 spiro atoms. The second-order valence-electron chi connectivity index (χ2n) is 3.38. The molecule has 2 aromatic rings. The molecule has 15 heavy (non-hydrogen) atoms. The number of aromatic nitrogens is 4. The van der Waals surface area contributed by atoms with Gasteiger partial charge >= 0.3 is 0 Å². The third kappa shape index (κ3) is 1.99. The smallest absolute Gasteiger partial charge is 0.135 e. The molecule has 1 N–H and O–H groups in total. The Bertz CT molecular complexity index is 459. The Morgan fingerprint density at radius 3 is 2.87 bits per heavy atom. The van der Waals surface area contributed by atoms with Crippen LogP contribution in [0.25, 0.3) is 0 Å². The summed E-state index contributed by atoms with van der Waals surface area (Å²) in [5, 5.41) is 12.5. The van der Waals surface area contributed by atoms with Crippen LogP contribution in [0.4, 0.5) is 5.00 Å². The number of hydrogen-bond acceptors (Lipinski definition) is 5. The van der Waals surface area contributed by atoms with Crippen LogP contribution in [0.15, 0.2) is 6.07 Å². The van der Waals surface area contributed by atoms with Crippen molar-refractivity contribution >= 4 is 16.5 Å². The molecule has 2 heterocycles. The molecule has 0 radical (unpaired) electrons. The first-order valence-corrected chi connectivity index (χ1v) is 5.48. The van der Waals surface area contributed by atoms with Gasteiger partial charge in [-0.1, -0.05) is 4.49 Å². The topological polar surface area (TPSA) is 55.6 Å². The Morgan fingerprint density at radius 2 is 2.27 bits per heavy atom. The number of nitrogens with one attached hydrogen (secondary N) is 1. The second kappa shape index (κ2) is 3.98. The van der Waals surface area contributed by atoms with Gasteiger partial charge in [0.1, 0.15) is 10.7 Å². The molecule has 5 nitrogen and oxygen atoms in total. The lowest BCUT2D eigenvalue weighted by Gasteiger charge is -2.02. The molecule has 0 bridgehead atoms. The fourth-order valence-electron chi connectivity index (χ4n) is 1.48. The van der Waals surface area contributed by atoms with Crippen LogP contribution in [0.5, 0.6) is 0 Å². The average Bonchev–Trinajstić information content (AvgIpc) is 2.74. The Kier molecular flexibility index (Phi) is 2.68. The Labute approximate surface area is 92.3 Å². The highest BCUT2D eigenvalue weighted by atomic mass is 32.1. The zero-order valence-corrected chi connectivity index (χ0v) is 9.80. The molecule has 2 aromatic heterocycles. The van der Waals surface area contributed by atoms with Crippen molar-refractivity contribution in [3.63, 3.8) is 0 Å². The maximum Gasteiger partial charge on any atom is 0.135 e. The molecule has 6 heteroatoms. The lowest BCUT2D eigenvalue weighted by atomic mass is 10.4. The van der Waals surface area contributed by atoms with Crippen molar-refractivity contribution in [1.82, 2.24) is 19.4 Å². The molecule has 0 aliphatic heterocycles. The van der Waals surface area contributed by atoms with Crippen molar-refractivity contribution < 1.29 is 0 Å². The summed E-state index contributed by atoms with van der Waals surface area (Å²) in [5.74, 6) is 0. The summed E-state index contributed by atoms with van der Waals surface area (Å²) in [6.45, 7) is 4.70. The van der Waals surface area contributed by atoms with Crippen LogP contribution in [-0.2, 0) is 6.54 Å². The van der Waals surface area contributed by atoms with E-state index in [2.05, 4.69) is 26.1 Å². The molecular weight excluding hydrogens is 210 g/mol. The van der Waals surface area contributed by atoms with Gasteiger partial charge in [0.15, 0.2) is 0 Å². The fourth-order valence-corrected chi connectivity index (χ4v) is 2.00. The van der Waals surface area contributed by atoms with Gasteiger partial charge in [0, 0.05) is 24.3 Å². The molecule has 0 aliphatic rings. The van der Waals surface area contributed by atoms with Crippen LogP contribution in [0.2, 0.25) is 0 Å². The fraction of sp³-hybridized carbons (Fsp3) is 0.444. The normalized spacial score (nSPS) is 10.6. The van der Waals surface area contributed by atoms with Crippen molar-refractivity contribution in [2.24, 2.45) is 0 Å². The van der Waals surface area contributed by atoms with Gasteiger partial charge in [0.05, 0.1) is 12.2 Å². The highest BCUT2D eigenvalue weighted by Gasteiger charge is 2.09. The van der Waals surface area contributed by atoms with Gasteiger partial charge in [-0.05, 0) is 19.9 Å². The summed E-state index contributed by atoms with van der Waals surface area (Å²) in [4.78, 5) is 0. The molecule has 0 saturated carbocycles. The number of hydrogen-bond donors (Lipinski definition) is 1. The predicted molar refractivity (Wildman–Crippen MR) is 60.3 cm³/mol. The Balaban J connectivity index is 2.25. The van der Waals surface area contributed by atoms with Gasteiger partial charge in [-0.3, -0.25) is 4.68 Å². The first-order valence-electron chi connectivity index (χ1n) is 4.70. The highest BCUT2D eigenvalue weighted by molar-refractivity contribution is 7.10. The first-order chi connectivity index (χ1) is 7.20. The predicted octanol–water partition coefficient (Wildman–Crippen LogP) is 1.44. The Hall–Kier alpha value is -1.43. The lowest BCUT2D eigenvalue weighted by Crippen LogP contribution is -2.06. The van der Waals surface area contributed by atoms with E-state index in [4.69, 9.17) is 0 Å². The quantitative estimate of drug-likeness (QED) is 0.855. The minimum absolute atomic E-state index is 0.673. The van der Waals surface area contributed by atoms with E-state index in [-0.39, 0.29) is 0 Å². The van der Waals surface area contributed by atoms with Gasteiger partial charge < -0.3 is 5.32 Å². The second-order valence-corrected chi connectivity index (χ2v) is 4.14. The highest BCUT2D eigenvalue weighted by Crippen LogP contribution is 2.18. The van der Waals surface area contributed by atoms with Crippen LogP contribution in [0.3, 0.4) is 0 Å². The van der Waals surface area contributed by atoms with E-state index in [0.29, 0.717) is 6.54 Å². The van der Waals surface area contributed by atoms with Gasteiger partial charge in [0.2, 0.25) is 0 Å². The van der Waals surface area contributed by atoms with Crippen molar-refractivity contribution in [1.29, 1.82) is 0 Å². The summed E-state index contributed by atoms with van der Waals surface area (Å²) in [5.41, 5.74) is 3.11. The van der Waals surface area contributed by atoms with E-state index in [1.165, 1.54) is 11.5 Å². The number of rotatable bonds is 3. The van der Waals surface area contributed by atoms with Crippen molar-refractivity contribution in [3.8, 4) is 0 Å². The third-order valence-electron chi connectivity index (χ3n) is 2.19. The van der Waals surface area contributed by atoms with Crippen LogP contribution >= 0.6 is 11.5 Å². The Morgan fingerprint density at radius 1 is 1.47 bits per heavy atom. The van der Waals surface area contributed by atoms with Gasteiger partial charge in [-0.15, -0.1) is 5.10 Å². The first kappa shape index (κ1) is 10.1. The molecule has 2 rings (SSSR count). The standard InChI is InChI=1S/C9H13N5S/c1-6-4-7(2)14(12-6)5-8-9(10-3)15-13-11-8/h4,10H,5H2,1-3H3. The molecule has 0 amide bonds. The van der Waals surface area contributed by atoms with E-state index in [9.17, 15) is 0 Å². The molecule has 0 atom stereocenters. The molecule has 80 valence electrons. The van der Waals surface area contributed by atoms with Crippen LogP contribution in [-0.4, -0.2) is 26.4 Å². The van der Waals surface area contributed by atoms with Crippen molar-refractivity contribution in [3.05, 3.63) is 23.1 Å². The van der Waals surface area contributed by atoms with Gasteiger partial charge in [0.25, 0.3) is 0 Å². The lowest BCUT2D eigenvalue weighted by molar-refractivity contribution is 0.646. The largest absolute Gasteiger partial charge is 0.377 e. The zero-order chi connectivity index (χ0) is 10.8. The van der Waals surface area contributed by atoms with Gasteiger partial charge in [-0.25, -0.2) is 0 Å². The summed E-state index contributed by atoms with van der Waals surface area (Å²) in [6.07, 6.45) is 0. The number of aryl methyl sites for hydroxylation is 2. The summed E-state index contributed by atoms with van der Waals surface area (Å²) in [6, 6.07) is 2.05. The van der Waals surface area contributed by atoms with Crippen molar-refractivity contribution in [2.45, 2.75) is 20.4 Å². The third-order valence-corrected chi connectivity index (χ3v) is 2.97. The van der Waals surface area contributed by atoms with E-state index in [1.807, 2.05) is 25.6 Å². The van der Waals surface area contributed by atoms with E-state index in [0.717, 1.165) is 22.1 Å². The number of anilines is 1. The molecule has 0 fully saturated rings. The molecule has 0 aliphatic carbocycles. The minimum Gasteiger partial charge on any atom is -0.377 e. The summed E-state index contributed by atoms with van der Waals surface area (Å²) < 4.78 is 5.85. The van der Waals surface area contributed by atoms with E-state index in [1.54, 1.807) is 0 Å². The number of nitrogens with zero attached hydrogens (tertiary/aromatic N) is 4. The SMILES string of the molecule is CNc1snnc1Cn1nc(C)cc1C. The zero-order valence-electron chi connectivity index (χ0n) is 8.98. The molecular formula is C9H13N5S.